The Morgan fingerprint density at radius 1 is 1.39 bits per heavy atom. The molecule has 2 rings (SSSR count). The normalized spacial score (nSPS) is 22.0. The van der Waals surface area contributed by atoms with Gasteiger partial charge in [-0.3, -0.25) is 4.79 Å². The van der Waals surface area contributed by atoms with Crippen molar-refractivity contribution in [3.8, 4) is 0 Å². The van der Waals surface area contributed by atoms with Crippen LogP contribution < -0.4 is 0 Å². The minimum Gasteiger partial charge on any atom is -0.481 e. The zero-order chi connectivity index (χ0) is 17.4. The van der Waals surface area contributed by atoms with Crippen molar-refractivity contribution in [3.05, 3.63) is 29.6 Å². The summed E-state index contributed by atoms with van der Waals surface area (Å²) >= 11 is 0. The highest BCUT2D eigenvalue weighted by atomic mass is 32.2. The average molecular weight is 345 g/mol. The molecule has 1 atom stereocenters. The molecule has 1 saturated heterocycles. The molecule has 1 aromatic carbocycles. The van der Waals surface area contributed by atoms with Crippen molar-refractivity contribution in [3.63, 3.8) is 0 Å². The summed E-state index contributed by atoms with van der Waals surface area (Å²) < 4.78 is 44.7. The number of hydrogen-bond acceptors (Lipinski definition) is 5. The second-order valence-electron chi connectivity index (χ2n) is 5.56. The molecule has 1 aliphatic rings. The minimum atomic E-state index is -4.22. The molecule has 0 saturated carbocycles. The smallest absolute Gasteiger partial charge is 0.342 e. The maximum absolute atomic E-state index is 13.9. The number of halogens is 1. The van der Waals surface area contributed by atoms with Crippen molar-refractivity contribution in [2.24, 2.45) is 5.41 Å². The lowest BCUT2D eigenvalue weighted by atomic mass is 9.90. The fraction of sp³-hybridized carbons (Fsp3) is 0.429. The zero-order valence-electron chi connectivity index (χ0n) is 12.6. The number of carbonyl (C=O) groups excluding carboxylic acids is 1. The summed E-state index contributed by atoms with van der Waals surface area (Å²) in [5.41, 5.74) is -1.90. The monoisotopic (exact) mass is 345 g/mol. The van der Waals surface area contributed by atoms with E-state index in [2.05, 4.69) is 4.74 Å². The molecule has 1 N–H and O–H groups in total. The molecule has 9 heteroatoms. The summed E-state index contributed by atoms with van der Waals surface area (Å²) in [6, 6.07) is 3.22. The van der Waals surface area contributed by atoms with Crippen molar-refractivity contribution < 1.29 is 32.2 Å². The van der Waals surface area contributed by atoms with E-state index in [-0.39, 0.29) is 19.5 Å². The molecular weight excluding hydrogens is 329 g/mol. The van der Waals surface area contributed by atoms with E-state index >= 15 is 0 Å². The van der Waals surface area contributed by atoms with E-state index in [4.69, 9.17) is 0 Å². The molecule has 0 aliphatic carbocycles. The fourth-order valence-corrected chi connectivity index (χ4v) is 4.21. The third kappa shape index (κ3) is 2.93. The number of nitrogens with zero attached hydrogens (tertiary/aromatic N) is 1. The lowest BCUT2D eigenvalue weighted by Gasteiger charge is -2.21. The molecule has 1 aliphatic heterocycles. The van der Waals surface area contributed by atoms with Crippen LogP contribution in [0, 0.1) is 11.2 Å². The van der Waals surface area contributed by atoms with Crippen molar-refractivity contribution in [1.82, 2.24) is 4.31 Å². The van der Waals surface area contributed by atoms with Gasteiger partial charge in [-0.1, -0.05) is 6.07 Å². The predicted octanol–water partition coefficient (Wildman–Crippen LogP) is 1.10. The van der Waals surface area contributed by atoms with E-state index in [0.29, 0.717) is 0 Å². The molecule has 0 aromatic heterocycles. The molecule has 126 valence electrons. The Morgan fingerprint density at radius 2 is 2.04 bits per heavy atom. The summed E-state index contributed by atoms with van der Waals surface area (Å²) in [4.78, 5) is 22.4. The van der Waals surface area contributed by atoms with Gasteiger partial charge in [-0.2, -0.15) is 4.31 Å². The van der Waals surface area contributed by atoms with Crippen molar-refractivity contribution in [1.29, 1.82) is 0 Å². The third-order valence-corrected chi connectivity index (χ3v) is 5.82. The first-order chi connectivity index (χ1) is 10.6. The van der Waals surface area contributed by atoms with Crippen LogP contribution in [0.4, 0.5) is 4.39 Å². The molecule has 1 aromatic rings. The van der Waals surface area contributed by atoms with Gasteiger partial charge in [0.25, 0.3) is 0 Å². The van der Waals surface area contributed by atoms with Crippen LogP contribution in [0.25, 0.3) is 0 Å². The van der Waals surface area contributed by atoms with Crippen LogP contribution in [0.3, 0.4) is 0 Å². The second kappa shape index (κ2) is 5.89. The van der Waals surface area contributed by atoms with E-state index in [1.165, 1.54) is 13.0 Å². The summed E-state index contributed by atoms with van der Waals surface area (Å²) in [6.45, 7) is 1.17. The number of esters is 1. The fourth-order valence-electron chi connectivity index (χ4n) is 2.46. The molecule has 1 heterocycles. The van der Waals surface area contributed by atoms with Gasteiger partial charge in [-0.05, 0) is 25.5 Å². The van der Waals surface area contributed by atoms with Crippen molar-refractivity contribution in [2.45, 2.75) is 18.2 Å². The van der Waals surface area contributed by atoms with Gasteiger partial charge < -0.3 is 9.84 Å². The highest BCUT2D eigenvalue weighted by molar-refractivity contribution is 7.89. The lowest BCUT2D eigenvalue weighted by molar-refractivity contribution is -0.146. The molecule has 0 bridgehead atoms. The number of benzene rings is 1. The van der Waals surface area contributed by atoms with Crippen LogP contribution >= 0.6 is 0 Å². The molecule has 0 amide bonds. The Balaban J connectivity index is 2.49. The van der Waals surface area contributed by atoms with E-state index in [0.717, 1.165) is 23.5 Å². The number of sulfonamides is 1. The maximum Gasteiger partial charge on any atom is 0.342 e. The van der Waals surface area contributed by atoms with Gasteiger partial charge in [0.15, 0.2) is 0 Å². The van der Waals surface area contributed by atoms with E-state index in [1.54, 1.807) is 0 Å². The van der Waals surface area contributed by atoms with Crippen LogP contribution in [0.2, 0.25) is 0 Å². The number of carboxylic acid groups (broad SMARTS) is 1. The largest absolute Gasteiger partial charge is 0.481 e. The van der Waals surface area contributed by atoms with Crippen LogP contribution in [0.15, 0.2) is 23.1 Å². The molecule has 1 unspecified atom stereocenters. The molecule has 23 heavy (non-hydrogen) atoms. The number of rotatable bonds is 4. The third-order valence-electron chi connectivity index (χ3n) is 3.94. The van der Waals surface area contributed by atoms with Gasteiger partial charge in [0.2, 0.25) is 10.0 Å². The van der Waals surface area contributed by atoms with E-state index in [9.17, 15) is 27.5 Å². The molecule has 0 spiro atoms. The second-order valence-corrected chi connectivity index (χ2v) is 7.47. The lowest BCUT2D eigenvalue weighted by Crippen LogP contribution is -2.35. The summed E-state index contributed by atoms with van der Waals surface area (Å²) in [7, 11) is -3.21. The Bertz CT molecular complexity index is 763. The van der Waals surface area contributed by atoms with Crippen LogP contribution in [0.5, 0.6) is 0 Å². The SMILES string of the molecule is COC(=O)c1c(F)cccc1S(=O)(=O)N1CCC(C)(C(=O)O)C1. The zero-order valence-corrected chi connectivity index (χ0v) is 13.4. The standard InChI is InChI=1S/C14H16FNO6S/c1-14(13(18)19)6-7-16(8-14)23(20,21)10-5-3-4-9(15)11(10)12(17)22-2/h3-5H,6-8H2,1-2H3,(H,18,19). The number of methoxy groups -OCH3 is 1. The quantitative estimate of drug-likeness (QED) is 0.820. The average Bonchev–Trinajstić information content (AvgIpc) is 2.91. The van der Waals surface area contributed by atoms with Gasteiger partial charge in [0, 0.05) is 13.1 Å². The van der Waals surface area contributed by atoms with Gasteiger partial charge in [-0.25, -0.2) is 17.6 Å². The topological polar surface area (TPSA) is 101 Å². The Labute approximate surface area is 132 Å². The number of ether oxygens (including phenoxy) is 1. The van der Waals surface area contributed by atoms with Gasteiger partial charge >= 0.3 is 11.9 Å². The first-order valence-corrected chi connectivity index (χ1v) is 8.18. The first-order valence-electron chi connectivity index (χ1n) is 6.74. The molecular formula is C14H16FNO6S. The highest BCUT2D eigenvalue weighted by Gasteiger charge is 2.45. The summed E-state index contributed by atoms with van der Waals surface area (Å²) in [6.07, 6.45) is 0.129. The van der Waals surface area contributed by atoms with Crippen LogP contribution in [0.1, 0.15) is 23.7 Å². The van der Waals surface area contributed by atoms with Crippen molar-refractivity contribution >= 4 is 22.0 Å². The summed E-state index contributed by atoms with van der Waals surface area (Å²) in [5.74, 6) is -3.23. The van der Waals surface area contributed by atoms with E-state index in [1.807, 2.05) is 0 Å². The summed E-state index contributed by atoms with van der Waals surface area (Å²) in [5, 5.41) is 9.20. The Hall–Kier alpha value is -2.00. The minimum absolute atomic E-state index is 0.0255. The maximum atomic E-state index is 13.9. The highest BCUT2D eigenvalue weighted by Crippen LogP contribution is 2.34. The van der Waals surface area contributed by atoms with Gasteiger partial charge in [-0.15, -0.1) is 0 Å². The van der Waals surface area contributed by atoms with Crippen LogP contribution in [-0.4, -0.2) is 50.0 Å². The number of hydrogen-bond donors (Lipinski definition) is 1. The predicted molar refractivity (Wildman–Crippen MR) is 76.9 cm³/mol. The first kappa shape index (κ1) is 17.4. The van der Waals surface area contributed by atoms with Crippen LogP contribution in [-0.2, 0) is 19.6 Å². The number of carboxylic acids is 1. The van der Waals surface area contributed by atoms with Gasteiger partial charge in [0.05, 0.1) is 17.4 Å². The molecule has 1 fully saturated rings. The van der Waals surface area contributed by atoms with Gasteiger partial charge in [0.1, 0.15) is 11.4 Å². The number of aliphatic carboxylic acids is 1. The molecule has 7 nitrogen and oxygen atoms in total. The Morgan fingerprint density at radius 3 is 2.57 bits per heavy atom. The van der Waals surface area contributed by atoms with Crippen molar-refractivity contribution in [2.75, 3.05) is 20.2 Å². The number of carbonyl (C=O) groups is 2. The molecule has 0 radical (unpaired) electrons. The van der Waals surface area contributed by atoms with E-state index < -0.39 is 43.7 Å². The Kier molecular flexibility index (Phi) is 4.45.